The summed E-state index contributed by atoms with van der Waals surface area (Å²) < 4.78 is 1.66. The number of aromatic nitrogens is 3. The number of anilines is 1. The number of aryl methyl sites for hydroxylation is 3. The van der Waals surface area contributed by atoms with E-state index in [1.54, 1.807) is 36.0 Å². The molecule has 1 aromatic carbocycles. The molecule has 1 N–H and O–H groups in total. The number of carbonyl (C=O) groups excluding carboxylic acids is 2. The molecule has 0 saturated heterocycles. The van der Waals surface area contributed by atoms with Crippen LogP contribution in [0.1, 0.15) is 35.1 Å². The Hall–Kier alpha value is -2.64. The first-order valence-electron chi connectivity index (χ1n) is 9.56. The molecule has 3 rings (SSSR count). The summed E-state index contributed by atoms with van der Waals surface area (Å²) in [6, 6.07) is 6.56. The van der Waals surface area contributed by atoms with Gasteiger partial charge in [-0.2, -0.15) is 5.10 Å². The van der Waals surface area contributed by atoms with Crippen LogP contribution in [-0.2, 0) is 11.8 Å². The molecule has 9 heteroatoms. The molecule has 0 aliphatic carbocycles. The molecule has 0 spiro atoms. The van der Waals surface area contributed by atoms with Gasteiger partial charge in [0.1, 0.15) is 6.54 Å². The number of nitrogens with one attached hydrogen (secondary N) is 1. The summed E-state index contributed by atoms with van der Waals surface area (Å²) in [5, 5.41) is 8.66. The summed E-state index contributed by atoms with van der Waals surface area (Å²) in [4.78, 5) is 32.1. The fourth-order valence-electron chi connectivity index (χ4n) is 3.39. The predicted octanol–water partition coefficient (Wildman–Crippen LogP) is 4.38. The standard InChI is InChI=1S/C21H23Cl2N5O2/c1-5-8-28(11-18(29)25-17-10-14(22)6-7-16(17)23)21(30)15-9-12(2)24-20-19(15)13(3)26-27(20)4/h6-7,9-10H,5,8,11H2,1-4H3,(H,25,29). The number of fused-ring (bicyclic) bond motifs is 1. The number of pyridine rings is 1. The summed E-state index contributed by atoms with van der Waals surface area (Å²) in [5.41, 5.74) is 2.96. The van der Waals surface area contributed by atoms with E-state index in [1.807, 2.05) is 20.8 Å². The first-order valence-corrected chi connectivity index (χ1v) is 10.3. The molecule has 2 aromatic heterocycles. The molecule has 0 saturated carbocycles. The number of hydrogen-bond acceptors (Lipinski definition) is 4. The molecule has 0 fully saturated rings. The number of hydrogen-bond donors (Lipinski definition) is 1. The third-order valence-electron chi connectivity index (χ3n) is 4.64. The van der Waals surface area contributed by atoms with Crippen LogP contribution in [0.5, 0.6) is 0 Å². The van der Waals surface area contributed by atoms with E-state index in [0.717, 1.165) is 5.69 Å². The largest absolute Gasteiger partial charge is 0.329 e. The minimum absolute atomic E-state index is 0.113. The Kier molecular flexibility index (Phi) is 6.63. The van der Waals surface area contributed by atoms with Crippen molar-refractivity contribution in [3.63, 3.8) is 0 Å². The number of amides is 2. The van der Waals surface area contributed by atoms with E-state index in [2.05, 4.69) is 15.4 Å². The normalized spacial score (nSPS) is 11.0. The van der Waals surface area contributed by atoms with Gasteiger partial charge in [-0.3, -0.25) is 14.3 Å². The number of halogens is 2. The maximum atomic E-state index is 13.4. The molecule has 0 aliphatic heterocycles. The van der Waals surface area contributed by atoms with Crippen LogP contribution in [0, 0.1) is 13.8 Å². The number of nitrogens with zero attached hydrogens (tertiary/aromatic N) is 4. The lowest BCUT2D eigenvalue weighted by atomic mass is 10.1. The second-order valence-corrected chi connectivity index (χ2v) is 7.96. The van der Waals surface area contributed by atoms with E-state index in [4.69, 9.17) is 23.2 Å². The quantitative estimate of drug-likeness (QED) is 0.607. The summed E-state index contributed by atoms with van der Waals surface area (Å²) in [7, 11) is 1.79. The Bertz CT molecular complexity index is 1130. The van der Waals surface area contributed by atoms with Gasteiger partial charge >= 0.3 is 0 Å². The maximum absolute atomic E-state index is 13.4. The van der Waals surface area contributed by atoms with E-state index in [1.165, 1.54) is 4.90 Å². The van der Waals surface area contributed by atoms with Crippen LogP contribution in [0.3, 0.4) is 0 Å². The number of benzene rings is 1. The van der Waals surface area contributed by atoms with Crippen molar-refractivity contribution >= 4 is 51.7 Å². The zero-order valence-electron chi connectivity index (χ0n) is 17.3. The van der Waals surface area contributed by atoms with Gasteiger partial charge in [0.25, 0.3) is 5.91 Å². The van der Waals surface area contributed by atoms with Gasteiger partial charge in [-0.15, -0.1) is 0 Å². The van der Waals surface area contributed by atoms with Crippen molar-refractivity contribution < 1.29 is 9.59 Å². The molecule has 2 amide bonds. The minimum atomic E-state index is -0.356. The lowest BCUT2D eigenvalue weighted by molar-refractivity contribution is -0.116. The molecule has 3 aromatic rings. The summed E-state index contributed by atoms with van der Waals surface area (Å²) in [6.07, 6.45) is 0.705. The fourth-order valence-corrected chi connectivity index (χ4v) is 3.72. The molecule has 2 heterocycles. The van der Waals surface area contributed by atoms with Crippen LogP contribution in [0.4, 0.5) is 5.69 Å². The molecule has 0 atom stereocenters. The molecule has 30 heavy (non-hydrogen) atoms. The van der Waals surface area contributed by atoms with E-state index in [0.29, 0.717) is 51.0 Å². The molecular formula is C21H23Cl2N5O2. The number of carbonyl (C=O) groups is 2. The van der Waals surface area contributed by atoms with Crippen molar-refractivity contribution in [2.75, 3.05) is 18.4 Å². The van der Waals surface area contributed by atoms with E-state index in [9.17, 15) is 9.59 Å². The zero-order valence-corrected chi connectivity index (χ0v) is 18.8. The third-order valence-corrected chi connectivity index (χ3v) is 5.21. The van der Waals surface area contributed by atoms with Crippen molar-refractivity contribution in [2.45, 2.75) is 27.2 Å². The monoisotopic (exact) mass is 447 g/mol. The SMILES string of the molecule is CCCN(CC(=O)Nc1cc(Cl)ccc1Cl)C(=O)c1cc(C)nc2c1c(C)nn2C. The number of rotatable bonds is 6. The van der Waals surface area contributed by atoms with E-state index >= 15 is 0 Å². The van der Waals surface area contributed by atoms with Crippen molar-refractivity contribution in [3.8, 4) is 0 Å². The Labute approximate surface area is 185 Å². The summed E-state index contributed by atoms with van der Waals surface area (Å²) >= 11 is 12.1. The lowest BCUT2D eigenvalue weighted by Gasteiger charge is -2.22. The molecule has 0 radical (unpaired) electrons. The zero-order chi connectivity index (χ0) is 22.0. The molecule has 0 aliphatic rings. The van der Waals surface area contributed by atoms with Crippen LogP contribution < -0.4 is 5.32 Å². The Morgan fingerprint density at radius 3 is 2.63 bits per heavy atom. The van der Waals surface area contributed by atoms with Crippen molar-refractivity contribution in [1.29, 1.82) is 0 Å². The Balaban J connectivity index is 1.89. The van der Waals surface area contributed by atoms with Gasteiger partial charge in [-0.05, 0) is 44.5 Å². The maximum Gasteiger partial charge on any atom is 0.255 e. The van der Waals surface area contributed by atoms with Crippen LogP contribution in [0.2, 0.25) is 10.0 Å². The van der Waals surface area contributed by atoms with Gasteiger partial charge < -0.3 is 10.2 Å². The predicted molar refractivity (Wildman–Crippen MR) is 119 cm³/mol. The summed E-state index contributed by atoms with van der Waals surface area (Å²) in [6.45, 7) is 5.94. The van der Waals surface area contributed by atoms with Gasteiger partial charge in [0, 0.05) is 24.3 Å². The highest BCUT2D eigenvalue weighted by molar-refractivity contribution is 6.35. The molecular weight excluding hydrogens is 425 g/mol. The topological polar surface area (TPSA) is 80.1 Å². The van der Waals surface area contributed by atoms with Crippen molar-refractivity contribution in [1.82, 2.24) is 19.7 Å². The van der Waals surface area contributed by atoms with Crippen LogP contribution >= 0.6 is 23.2 Å². The van der Waals surface area contributed by atoms with Crippen LogP contribution in [-0.4, -0.2) is 44.6 Å². The Morgan fingerprint density at radius 1 is 1.20 bits per heavy atom. The van der Waals surface area contributed by atoms with Crippen LogP contribution in [0.25, 0.3) is 11.0 Å². The fraction of sp³-hybridized carbons (Fsp3) is 0.333. The van der Waals surface area contributed by atoms with Crippen molar-refractivity contribution in [2.24, 2.45) is 7.05 Å². The first-order chi connectivity index (χ1) is 14.2. The highest BCUT2D eigenvalue weighted by atomic mass is 35.5. The average molecular weight is 448 g/mol. The lowest BCUT2D eigenvalue weighted by Crippen LogP contribution is -2.38. The van der Waals surface area contributed by atoms with Gasteiger partial charge in [-0.25, -0.2) is 4.98 Å². The molecule has 158 valence electrons. The molecule has 0 unspecified atom stereocenters. The van der Waals surface area contributed by atoms with E-state index in [-0.39, 0.29) is 18.4 Å². The van der Waals surface area contributed by atoms with Crippen molar-refractivity contribution in [3.05, 3.63) is 51.3 Å². The second-order valence-electron chi connectivity index (χ2n) is 7.12. The smallest absolute Gasteiger partial charge is 0.255 e. The third kappa shape index (κ3) is 4.57. The average Bonchev–Trinajstić information content (AvgIpc) is 2.96. The first kappa shape index (κ1) is 22.1. The molecule has 0 bridgehead atoms. The Morgan fingerprint density at radius 2 is 1.93 bits per heavy atom. The van der Waals surface area contributed by atoms with Crippen LogP contribution in [0.15, 0.2) is 24.3 Å². The van der Waals surface area contributed by atoms with Gasteiger partial charge in [-0.1, -0.05) is 30.1 Å². The minimum Gasteiger partial charge on any atom is -0.329 e. The van der Waals surface area contributed by atoms with Gasteiger partial charge in [0.15, 0.2) is 5.65 Å². The highest BCUT2D eigenvalue weighted by Gasteiger charge is 2.24. The second kappa shape index (κ2) is 9.02. The van der Waals surface area contributed by atoms with Gasteiger partial charge in [0.2, 0.25) is 5.91 Å². The van der Waals surface area contributed by atoms with Gasteiger partial charge in [0.05, 0.1) is 27.4 Å². The van der Waals surface area contributed by atoms with E-state index < -0.39 is 0 Å². The molecule has 7 nitrogen and oxygen atoms in total. The summed E-state index contributed by atoms with van der Waals surface area (Å²) in [5.74, 6) is -0.596. The highest BCUT2D eigenvalue weighted by Crippen LogP contribution is 2.26.